The second kappa shape index (κ2) is 6.50. The number of pyridine rings is 1. The first-order chi connectivity index (χ1) is 11.6. The summed E-state index contributed by atoms with van der Waals surface area (Å²) < 4.78 is 0. The molecule has 2 aromatic heterocycles. The van der Waals surface area contributed by atoms with Crippen molar-refractivity contribution in [3.8, 4) is 23.3 Å². The molecule has 0 radical (unpaired) electrons. The van der Waals surface area contributed by atoms with Crippen LogP contribution < -0.4 is 5.56 Å². The van der Waals surface area contributed by atoms with Crippen LogP contribution in [-0.2, 0) is 11.2 Å². The van der Waals surface area contributed by atoms with Gasteiger partial charge < -0.3 is 15.0 Å². The quantitative estimate of drug-likeness (QED) is 0.850. The van der Waals surface area contributed by atoms with Crippen LogP contribution in [-0.4, -0.2) is 44.0 Å². The van der Waals surface area contributed by atoms with Crippen molar-refractivity contribution in [2.24, 2.45) is 0 Å². The predicted molar refractivity (Wildman–Crippen MR) is 84.0 cm³/mol. The summed E-state index contributed by atoms with van der Waals surface area (Å²) in [5, 5.41) is 18.7. The van der Waals surface area contributed by atoms with Crippen molar-refractivity contribution < 1.29 is 9.90 Å². The molecule has 1 saturated heterocycles. The number of carbonyl (C=O) groups is 1. The van der Waals surface area contributed by atoms with E-state index in [0.717, 1.165) is 25.9 Å². The molecule has 0 aliphatic carbocycles. The molecule has 1 aliphatic rings. The molecule has 0 atom stereocenters. The summed E-state index contributed by atoms with van der Waals surface area (Å²) in [7, 11) is 0. The Balaban J connectivity index is 1.83. The van der Waals surface area contributed by atoms with Crippen molar-refractivity contribution in [1.82, 2.24) is 19.9 Å². The van der Waals surface area contributed by atoms with Crippen LogP contribution in [0.4, 0.5) is 0 Å². The molecule has 0 aromatic carbocycles. The number of hydrogen-bond donors (Lipinski definition) is 2. The Bertz CT molecular complexity index is 878. The van der Waals surface area contributed by atoms with Gasteiger partial charge in [-0.3, -0.25) is 9.59 Å². The number of rotatable bonds is 3. The zero-order valence-corrected chi connectivity index (χ0v) is 12.8. The van der Waals surface area contributed by atoms with E-state index in [0.29, 0.717) is 0 Å². The summed E-state index contributed by atoms with van der Waals surface area (Å²) in [4.78, 5) is 36.5. The number of amides is 1. The van der Waals surface area contributed by atoms with Crippen LogP contribution in [0.5, 0.6) is 5.75 Å². The van der Waals surface area contributed by atoms with Crippen molar-refractivity contribution in [1.29, 1.82) is 5.26 Å². The number of likely N-dealkylation sites (tertiary alicyclic amines) is 1. The number of aromatic hydroxyl groups is 1. The average Bonchev–Trinajstić information content (AvgIpc) is 3.11. The SMILES string of the molecule is N#Cc1cnc(-c2ncc(CC(=O)N3CCCC3)c(=O)[nH]2)c(O)c1. The number of H-pyrrole nitrogens is 1. The van der Waals surface area contributed by atoms with Crippen LogP contribution in [0, 0.1) is 11.3 Å². The highest BCUT2D eigenvalue weighted by molar-refractivity contribution is 5.78. The fourth-order valence-corrected chi connectivity index (χ4v) is 2.61. The second-order valence-corrected chi connectivity index (χ2v) is 5.55. The lowest BCUT2D eigenvalue weighted by Gasteiger charge is -2.14. The molecule has 0 bridgehead atoms. The lowest BCUT2D eigenvalue weighted by Crippen LogP contribution is -2.31. The number of nitrogens with one attached hydrogen (secondary N) is 1. The van der Waals surface area contributed by atoms with Crippen LogP contribution in [0.1, 0.15) is 24.0 Å². The molecule has 0 spiro atoms. The standard InChI is InChI=1S/C16H15N5O3/c17-7-10-5-12(22)14(18-8-10)15-19-9-11(16(24)20-15)6-13(23)21-3-1-2-4-21/h5,8-9,22H,1-4,6H2,(H,19,20,24). The minimum atomic E-state index is -0.446. The second-order valence-electron chi connectivity index (χ2n) is 5.55. The van der Waals surface area contributed by atoms with Crippen LogP contribution in [0.3, 0.4) is 0 Å². The molecule has 2 aromatic rings. The van der Waals surface area contributed by atoms with Crippen LogP contribution in [0.25, 0.3) is 11.5 Å². The highest BCUT2D eigenvalue weighted by Gasteiger charge is 2.20. The Labute approximate surface area is 137 Å². The molecule has 24 heavy (non-hydrogen) atoms. The van der Waals surface area contributed by atoms with E-state index in [4.69, 9.17) is 5.26 Å². The Hall–Kier alpha value is -3.21. The molecule has 3 heterocycles. The molecule has 1 amide bonds. The van der Waals surface area contributed by atoms with E-state index < -0.39 is 5.56 Å². The smallest absolute Gasteiger partial charge is 0.254 e. The van der Waals surface area contributed by atoms with Crippen LogP contribution in [0.15, 0.2) is 23.3 Å². The van der Waals surface area contributed by atoms with E-state index in [2.05, 4.69) is 15.0 Å². The molecular weight excluding hydrogens is 310 g/mol. The van der Waals surface area contributed by atoms with Gasteiger partial charge in [-0.05, 0) is 12.8 Å². The number of nitrogens with zero attached hydrogens (tertiary/aromatic N) is 4. The van der Waals surface area contributed by atoms with Crippen molar-refractivity contribution in [2.45, 2.75) is 19.3 Å². The fourth-order valence-electron chi connectivity index (χ4n) is 2.61. The first-order valence-electron chi connectivity index (χ1n) is 7.54. The molecule has 0 saturated carbocycles. The summed E-state index contributed by atoms with van der Waals surface area (Å²) in [5.41, 5.74) is 0.0943. The van der Waals surface area contributed by atoms with Crippen molar-refractivity contribution in [2.75, 3.05) is 13.1 Å². The van der Waals surface area contributed by atoms with Gasteiger partial charge in [0.2, 0.25) is 5.91 Å². The molecule has 2 N–H and O–H groups in total. The van der Waals surface area contributed by atoms with Crippen molar-refractivity contribution in [3.63, 3.8) is 0 Å². The zero-order valence-electron chi connectivity index (χ0n) is 12.8. The van der Waals surface area contributed by atoms with E-state index in [1.807, 2.05) is 6.07 Å². The first-order valence-corrected chi connectivity index (χ1v) is 7.54. The Kier molecular flexibility index (Phi) is 4.24. The third-order valence-corrected chi connectivity index (χ3v) is 3.89. The molecule has 1 aliphatic heterocycles. The van der Waals surface area contributed by atoms with E-state index in [1.54, 1.807) is 4.90 Å². The molecule has 122 valence electrons. The Morgan fingerprint density at radius 2 is 2.08 bits per heavy atom. The largest absolute Gasteiger partial charge is 0.505 e. The maximum Gasteiger partial charge on any atom is 0.254 e. The van der Waals surface area contributed by atoms with Gasteiger partial charge in [0.15, 0.2) is 5.82 Å². The molecule has 3 rings (SSSR count). The number of carbonyl (C=O) groups excluding carboxylic acids is 1. The summed E-state index contributed by atoms with van der Waals surface area (Å²) in [6, 6.07) is 3.10. The first kappa shape index (κ1) is 15.7. The van der Waals surface area contributed by atoms with Crippen LogP contribution >= 0.6 is 0 Å². The van der Waals surface area contributed by atoms with Gasteiger partial charge in [0.1, 0.15) is 17.5 Å². The summed E-state index contributed by atoms with van der Waals surface area (Å²) in [6.45, 7) is 1.45. The normalized spacial score (nSPS) is 13.7. The number of aromatic nitrogens is 3. The summed E-state index contributed by atoms with van der Waals surface area (Å²) in [5.74, 6) is -0.260. The maximum atomic E-state index is 12.2. The minimum Gasteiger partial charge on any atom is -0.505 e. The topological polar surface area (TPSA) is 123 Å². The van der Waals surface area contributed by atoms with Gasteiger partial charge in [0.05, 0.1) is 12.0 Å². The minimum absolute atomic E-state index is 0.00457. The average molecular weight is 325 g/mol. The molecular formula is C16H15N5O3. The molecule has 0 unspecified atom stereocenters. The van der Waals surface area contributed by atoms with Gasteiger partial charge >= 0.3 is 0 Å². The lowest BCUT2D eigenvalue weighted by molar-refractivity contribution is -0.129. The summed E-state index contributed by atoms with van der Waals surface area (Å²) >= 11 is 0. The van der Waals surface area contributed by atoms with Gasteiger partial charge in [0, 0.05) is 37.1 Å². The highest BCUT2D eigenvalue weighted by Crippen LogP contribution is 2.23. The highest BCUT2D eigenvalue weighted by atomic mass is 16.3. The van der Waals surface area contributed by atoms with Gasteiger partial charge in [-0.15, -0.1) is 0 Å². The van der Waals surface area contributed by atoms with Crippen LogP contribution in [0.2, 0.25) is 0 Å². The van der Waals surface area contributed by atoms with E-state index in [9.17, 15) is 14.7 Å². The van der Waals surface area contributed by atoms with Gasteiger partial charge in [-0.25, -0.2) is 9.97 Å². The lowest BCUT2D eigenvalue weighted by atomic mass is 10.2. The van der Waals surface area contributed by atoms with Gasteiger partial charge in [-0.2, -0.15) is 5.26 Å². The monoisotopic (exact) mass is 325 g/mol. The molecule has 1 fully saturated rings. The van der Waals surface area contributed by atoms with Gasteiger partial charge in [-0.1, -0.05) is 0 Å². The third-order valence-electron chi connectivity index (χ3n) is 3.89. The molecule has 8 heteroatoms. The number of nitriles is 1. The van der Waals surface area contributed by atoms with Crippen molar-refractivity contribution in [3.05, 3.63) is 39.9 Å². The predicted octanol–water partition coefficient (Wildman–Crippen LogP) is 0.574. The van der Waals surface area contributed by atoms with Crippen molar-refractivity contribution >= 4 is 5.91 Å². The molecule has 8 nitrogen and oxygen atoms in total. The Morgan fingerprint density at radius 1 is 1.33 bits per heavy atom. The summed E-state index contributed by atoms with van der Waals surface area (Å²) in [6.07, 6.45) is 4.57. The third kappa shape index (κ3) is 3.10. The van der Waals surface area contributed by atoms with Gasteiger partial charge in [0.25, 0.3) is 5.56 Å². The Morgan fingerprint density at radius 3 is 2.71 bits per heavy atom. The number of hydrogen-bond acceptors (Lipinski definition) is 6. The maximum absolute atomic E-state index is 12.2. The fraction of sp³-hybridized carbons (Fsp3) is 0.312. The zero-order chi connectivity index (χ0) is 17.1. The van der Waals surface area contributed by atoms with E-state index >= 15 is 0 Å². The van der Waals surface area contributed by atoms with E-state index in [1.165, 1.54) is 18.5 Å². The van der Waals surface area contributed by atoms with E-state index in [-0.39, 0.29) is 40.7 Å². The number of aromatic amines is 1.